The number of carbonyl (C=O) groups excluding carboxylic acids is 2. The van der Waals surface area contributed by atoms with Gasteiger partial charge in [-0.05, 0) is 31.2 Å². The summed E-state index contributed by atoms with van der Waals surface area (Å²) in [6, 6.07) is 6.07. The number of halogens is 3. The molecule has 5 nitrogen and oxygen atoms in total. The third-order valence-electron chi connectivity index (χ3n) is 2.82. The van der Waals surface area contributed by atoms with Gasteiger partial charge >= 0.3 is 5.97 Å². The number of hydrogen-bond donors (Lipinski definition) is 1. The van der Waals surface area contributed by atoms with Crippen LogP contribution in [0.2, 0.25) is 0 Å². The molecule has 1 atom stereocenters. The molecule has 0 aliphatic rings. The molecular weight excluding hydrogens is 313 g/mol. The molecule has 1 aromatic carbocycles. The van der Waals surface area contributed by atoms with E-state index >= 15 is 0 Å². The topological polar surface area (TPSA) is 68.3 Å². The van der Waals surface area contributed by atoms with Crippen molar-refractivity contribution in [3.05, 3.63) is 59.7 Å². The van der Waals surface area contributed by atoms with E-state index in [1.807, 2.05) is 5.32 Å². The number of rotatable bonds is 4. The van der Waals surface area contributed by atoms with Gasteiger partial charge in [-0.25, -0.2) is 22.9 Å². The van der Waals surface area contributed by atoms with Crippen molar-refractivity contribution in [1.82, 2.24) is 4.98 Å². The molecule has 1 heterocycles. The SMILES string of the molecule is C[C@H](OC(=O)c1ccccn1)C(=O)Nc1ccc(F)c(F)c1F. The minimum Gasteiger partial charge on any atom is -0.448 e. The number of hydrogen-bond acceptors (Lipinski definition) is 4. The van der Waals surface area contributed by atoms with Crippen molar-refractivity contribution in [2.24, 2.45) is 0 Å². The lowest BCUT2D eigenvalue weighted by molar-refractivity contribution is -0.123. The molecule has 2 rings (SSSR count). The van der Waals surface area contributed by atoms with E-state index in [2.05, 4.69) is 4.98 Å². The molecule has 0 saturated heterocycles. The average molecular weight is 324 g/mol. The molecule has 23 heavy (non-hydrogen) atoms. The molecule has 8 heteroatoms. The molecule has 0 bridgehead atoms. The molecule has 0 radical (unpaired) electrons. The summed E-state index contributed by atoms with van der Waals surface area (Å²) in [5.41, 5.74) is -0.569. The monoisotopic (exact) mass is 324 g/mol. The Morgan fingerprint density at radius 1 is 1.13 bits per heavy atom. The maximum atomic E-state index is 13.5. The summed E-state index contributed by atoms with van der Waals surface area (Å²) in [6.07, 6.45) is 0.0786. The number of benzene rings is 1. The Balaban J connectivity index is 2.03. The van der Waals surface area contributed by atoms with Crippen LogP contribution < -0.4 is 5.32 Å². The Labute approximate surface area is 129 Å². The molecule has 0 aliphatic heterocycles. The molecule has 0 fully saturated rings. The lowest BCUT2D eigenvalue weighted by Crippen LogP contribution is -2.30. The fourth-order valence-corrected chi connectivity index (χ4v) is 1.61. The fourth-order valence-electron chi connectivity index (χ4n) is 1.61. The minimum absolute atomic E-state index is 0.00819. The van der Waals surface area contributed by atoms with E-state index in [1.165, 1.54) is 19.2 Å². The summed E-state index contributed by atoms with van der Waals surface area (Å²) < 4.78 is 44.2. The second kappa shape index (κ2) is 6.91. The van der Waals surface area contributed by atoms with E-state index in [0.717, 1.165) is 6.07 Å². The normalized spacial score (nSPS) is 11.7. The van der Waals surface area contributed by atoms with Crippen LogP contribution in [0.15, 0.2) is 36.5 Å². The lowest BCUT2D eigenvalue weighted by Gasteiger charge is -2.13. The molecule has 0 aliphatic carbocycles. The highest BCUT2D eigenvalue weighted by atomic mass is 19.2. The van der Waals surface area contributed by atoms with Crippen molar-refractivity contribution in [3.8, 4) is 0 Å². The number of carbonyl (C=O) groups is 2. The number of ether oxygens (including phenoxy) is 1. The highest BCUT2D eigenvalue weighted by Gasteiger charge is 2.22. The number of aromatic nitrogens is 1. The molecule has 0 unspecified atom stereocenters. The van der Waals surface area contributed by atoms with Gasteiger partial charge in [0.25, 0.3) is 5.91 Å². The lowest BCUT2D eigenvalue weighted by atomic mass is 10.2. The van der Waals surface area contributed by atoms with Crippen molar-refractivity contribution < 1.29 is 27.5 Å². The highest BCUT2D eigenvalue weighted by molar-refractivity contribution is 5.96. The largest absolute Gasteiger partial charge is 0.448 e. The zero-order valence-corrected chi connectivity index (χ0v) is 11.8. The molecule has 0 saturated carbocycles. The van der Waals surface area contributed by atoms with Crippen molar-refractivity contribution in [3.63, 3.8) is 0 Å². The van der Waals surface area contributed by atoms with Crippen LogP contribution in [0.3, 0.4) is 0 Å². The number of nitrogens with one attached hydrogen (secondary N) is 1. The summed E-state index contributed by atoms with van der Waals surface area (Å²) >= 11 is 0. The van der Waals surface area contributed by atoms with E-state index in [4.69, 9.17) is 4.74 Å². The van der Waals surface area contributed by atoms with Gasteiger partial charge in [0.2, 0.25) is 0 Å². The average Bonchev–Trinajstić information content (AvgIpc) is 2.56. The first-order valence-corrected chi connectivity index (χ1v) is 6.46. The molecule has 1 aromatic heterocycles. The van der Waals surface area contributed by atoms with Gasteiger partial charge in [0.05, 0.1) is 5.69 Å². The zero-order chi connectivity index (χ0) is 17.0. The third kappa shape index (κ3) is 3.85. The molecule has 1 amide bonds. The predicted octanol–water partition coefficient (Wildman–Crippen LogP) is 2.68. The fraction of sp³-hybridized carbons (Fsp3) is 0.133. The number of pyridine rings is 1. The van der Waals surface area contributed by atoms with Crippen LogP contribution in [-0.2, 0) is 9.53 Å². The number of nitrogens with zero attached hydrogens (tertiary/aromatic N) is 1. The first-order valence-electron chi connectivity index (χ1n) is 6.46. The Kier molecular flexibility index (Phi) is 4.95. The smallest absolute Gasteiger partial charge is 0.357 e. The first-order chi connectivity index (χ1) is 10.9. The molecule has 0 spiro atoms. The van der Waals surface area contributed by atoms with Crippen LogP contribution >= 0.6 is 0 Å². The highest BCUT2D eigenvalue weighted by Crippen LogP contribution is 2.20. The van der Waals surface area contributed by atoms with Gasteiger partial charge in [0.15, 0.2) is 23.6 Å². The standard InChI is InChI=1S/C15H11F3N2O3/c1-8(23-15(22)11-4-2-3-7-19-11)14(21)20-10-6-5-9(16)12(17)13(10)18/h2-8H,1H3,(H,20,21)/t8-/m0/s1. The number of esters is 1. The number of amides is 1. The summed E-state index contributed by atoms with van der Waals surface area (Å²) in [6.45, 7) is 1.24. The maximum absolute atomic E-state index is 13.5. The van der Waals surface area contributed by atoms with Crippen LogP contribution in [0, 0.1) is 17.5 Å². The Morgan fingerprint density at radius 3 is 2.52 bits per heavy atom. The predicted molar refractivity (Wildman–Crippen MR) is 74.1 cm³/mol. The van der Waals surface area contributed by atoms with E-state index in [0.29, 0.717) is 6.07 Å². The first kappa shape index (κ1) is 16.5. The zero-order valence-electron chi connectivity index (χ0n) is 11.8. The van der Waals surface area contributed by atoms with Crippen molar-refractivity contribution >= 4 is 17.6 Å². The van der Waals surface area contributed by atoms with E-state index in [1.54, 1.807) is 12.1 Å². The van der Waals surface area contributed by atoms with Crippen LogP contribution in [-0.4, -0.2) is 23.0 Å². The Hall–Kier alpha value is -2.90. The van der Waals surface area contributed by atoms with E-state index in [9.17, 15) is 22.8 Å². The van der Waals surface area contributed by atoms with Gasteiger partial charge in [0, 0.05) is 6.20 Å². The van der Waals surface area contributed by atoms with Gasteiger partial charge < -0.3 is 10.1 Å². The van der Waals surface area contributed by atoms with Crippen LogP contribution in [0.4, 0.5) is 18.9 Å². The van der Waals surface area contributed by atoms with Gasteiger partial charge in [-0.1, -0.05) is 6.07 Å². The number of anilines is 1. The second-order valence-corrected chi connectivity index (χ2v) is 4.47. The van der Waals surface area contributed by atoms with Gasteiger partial charge in [-0.2, -0.15) is 0 Å². The van der Waals surface area contributed by atoms with Crippen LogP contribution in [0.5, 0.6) is 0 Å². The van der Waals surface area contributed by atoms with Crippen molar-refractivity contribution in [2.45, 2.75) is 13.0 Å². The molecule has 120 valence electrons. The van der Waals surface area contributed by atoms with Crippen molar-refractivity contribution in [2.75, 3.05) is 5.32 Å². The quantitative estimate of drug-likeness (QED) is 0.693. The van der Waals surface area contributed by atoms with E-state index < -0.39 is 41.1 Å². The van der Waals surface area contributed by atoms with Crippen LogP contribution in [0.25, 0.3) is 0 Å². The summed E-state index contributed by atoms with van der Waals surface area (Å²) in [4.78, 5) is 27.3. The molecule has 2 aromatic rings. The van der Waals surface area contributed by atoms with Crippen molar-refractivity contribution in [1.29, 1.82) is 0 Å². The van der Waals surface area contributed by atoms with Crippen LogP contribution in [0.1, 0.15) is 17.4 Å². The summed E-state index contributed by atoms with van der Waals surface area (Å²) in [5.74, 6) is -6.38. The van der Waals surface area contributed by atoms with Gasteiger partial charge in [-0.15, -0.1) is 0 Å². The summed E-state index contributed by atoms with van der Waals surface area (Å²) in [7, 11) is 0. The maximum Gasteiger partial charge on any atom is 0.357 e. The van der Waals surface area contributed by atoms with Gasteiger partial charge in [0.1, 0.15) is 5.69 Å². The second-order valence-electron chi connectivity index (χ2n) is 4.47. The third-order valence-corrected chi connectivity index (χ3v) is 2.82. The minimum atomic E-state index is -1.71. The molecular formula is C15H11F3N2O3. The van der Waals surface area contributed by atoms with Gasteiger partial charge in [-0.3, -0.25) is 4.79 Å². The molecule has 1 N–H and O–H groups in total. The summed E-state index contributed by atoms with van der Waals surface area (Å²) in [5, 5.41) is 2.02. The Morgan fingerprint density at radius 2 is 1.87 bits per heavy atom. The van der Waals surface area contributed by atoms with E-state index in [-0.39, 0.29) is 5.69 Å². The Bertz CT molecular complexity index is 738.